The van der Waals surface area contributed by atoms with Crippen molar-refractivity contribution in [2.75, 3.05) is 7.11 Å². The zero-order valence-corrected chi connectivity index (χ0v) is 12.3. The first-order chi connectivity index (χ1) is 8.54. The van der Waals surface area contributed by atoms with E-state index in [9.17, 15) is 0 Å². The van der Waals surface area contributed by atoms with Crippen LogP contribution < -0.4 is 4.74 Å². The van der Waals surface area contributed by atoms with Crippen molar-refractivity contribution in [3.63, 3.8) is 0 Å². The maximum Gasteiger partial charge on any atom is 0.118 e. The van der Waals surface area contributed by atoms with Crippen molar-refractivity contribution >= 4 is 11.6 Å². The van der Waals surface area contributed by atoms with E-state index in [0.29, 0.717) is 11.3 Å². The van der Waals surface area contributed by atoms with Crippen LogP contribution in [0.2, 0.25) is 0 Å². The molecule has 18 heavy (non-hydrogen) atoms. The Balaban J connectivity index is 2.16. The summed E-state index contributed by atoms with van der Waals surface area (Å²) in [6.07, 6.45) is 5.19. The van der Waals surface area contributed by atoms with Crippen LogP contribution in [0.3, 0.4) is 0 Å². The van der Waals surface area contributed by atoms with Crippen LogP contribution in [0.4, 0.5) is 0 Å². The Morgan fingerprint density at radius 3 is 2.44 bits per heavy atom. The second-order valence-electron chi connectivity index (χ2n) is 6.02. The number of benzene rings is 1. The lowest BCUT2D eigenvalue weighted by Crippen LogP contribution is -2.30. The maximum absolute atomic E-state index is 6.72. The summed E-state index contributed by atoms with van der Waals surface area (Å²) < 4.78 is 5.19. The van der Waals surface area contributed by atoms with Crippen LogP contribution >= 0.6 is 11.6 Å². The molecule has 0 saturated heterocycles. The van der Waals surface area contributed by atoms with E-state index in [1.807, 2.05) is 12.1 Å². The van der Waals surface area contributed by atoms with E-state index in [-0.39, 0.29) is 5.38 Å². The average Bonchev–Trinajstić information content (AvgIpc) is 2.37. The fourth-order valence-electron chi connectivity index (χ4n) is 3.08. The van der Waals surface area contributed by atoms with E-state index in [2.05, 4.69) is 26.0 Å². The van der Waals surface area contributed by atoms with Gasteiger partial charge in [-0.1, -0.05) is 38.8 Å². The number of hydrogen-bond acceptors (Lipinski definition) is 1. The Labute approximate surface area is 115 Å². The highest BCUT2D eigenvalue weighted by molar-refractivity contribution is 6.21. The van der Waals surface area contributed by atoms with Gasteiger partial charge in [-0.05, 0) is 41.9 Å². The van der Waals surface area contributed by atoms with Gasteiger partial charge < -0.3 is 4.74 Å². The van der Waals surface area contributed by atoms with Crippen molar-refractivity contribution in [1.82, 2.24) is 0 Å². The Kier molecular flexibility index (Phi) is 4.21. The first kappa shape index (κ1) is 13.7. The third kappa shape index (κ3) is 2.83. The van der Waals surface area contributed by atoms with Gasteiger partial charge in [0.05, 0.1) is 12.5 Å². The molecule has 1 aliphatic rings. The summed E-state index contributed by atoms with van der Waals surface area (Å²) in [4.78, 5) is 0. The van der Waals surface area contributed by atoms with Crippen molar-refractivity contribution < 1.29 is 4.74 Å². The van der Waals surface area contributed by atoms with E-state index in [0.717, 1.165) is 5.75 Å². The van der Waals surface area contributed by atoms with E-state index in [1.165, 1.54) is 31.2 Å². The third-order valence-electron chi connectivity index (χ3n) is 4.38. The monoisotopic (exact) mass is 266 g/mol. The Morgan fingerprint density at radius 1 is 1.22 bits per heavy atom. The molecule has 0 N–H and O–H groups in total. The molecule has 100 valence electrons. The van der Waals surface area contributed by atoms with Gasteiger partial charge in [0.1, 0.15) is 5.75 Å². The van der Waals surface area contributed by atoms with Gasteiger partial charge in [-0.15, -0.1) is 11.6 Å². The summed E-state index contributed by atoms with van der Waals surface area (Å²) in [5.74, 6) is 1.46. The molecule has 1 aromatic carbocycles. The van der Waals surface area contributed by atoms with Crippen molar-refractivity contribution in [2.24, 2.45) is 11.3 Å². The van der Waals surface area contributed by atoms with Gasteiger partial charge in [0.15, 0.2) is 0 Å². The minimum atomic E-state index is 0.117. The van der Waals surface area contributed by atoms with Crippen molar-refractivity contribution in [3.8, 4) is 5.75 Å². The van der Waals surface area contributed by atoms with E-state index < -0.39 is 0 Å². The number of hydrogen-bond donors (Lipinski definition) is 0. The van der Waals surface area contributed by atoms with Crippen LogP contribution in [0.25, 0.3) is 0 Å². The summed E-state index contributed by atoms with van der Waals surface area (Å²) in [6.45, 7) is 4.71. The second kappa shape index (κ2) is 5.52. The third-order valence-corrected chi connectivity index (χ3v) is 4.93. The standard InChI is InChI=1S/C16H23ClO/c1-16(2)11-5-4-6-14(16)15(17)12-7-9-13(18-3)10-8-12/h7-10,14-15H,4-6,11H2,1-3H3. The molecule has 0 amide bonds. The van der Waals surface area contributed by atoms with Crippen molar-refractivity contribution in [3.05, 3.63) is 29.8 Å². The van der Waals surface area contributed by atoms with Gasteiger partial charge in [0.25, 0.3) is 0 Å². The Bertz CT molecular complexity index is 383. The lowest BCUT2D eigenvalue weighted by atomic mass is 9.66. The smallest absolute Gasteiger partial charge is 0.118 e. The van der Waals surface area contributed by atoms with Gasteiger partial charge in [-0.25, -0.2) is 0 Å². The lowest BCUT2D eigenvalue weighted by molar-refractivity contribution is 0.133. The van der Waals surface area contributed by atoms with Crippen LogP contribution in [0.1, 0.15) is 50.5 Å². The lowest BCUT2D eigenvalue weighted by Gasteiger charge is -2.41. The summed E-state index contributed by atoms with van der Waals surface area (Å²) in [6, 6.07) is 8.20. The molecule has 0 aliphatic heterocycles. The van der Waals surface area contributed by atoms with Gasteiger partial charge >= 0.3 is 0 Å². The molecule has 0 heterocycles. The molecule has 1 fully saturated rings. The SMILES string of the molecule is COc1ccc(C(Cl)C2CCCCC2(C)C)cc1. The van der Waals surface area contributed by atoms with Gasteiger partial charge in [-0.3, -0.25) is 0 Å². The molecule has 1 aliphatic carbocycles. The maximum atomic E-state index is 6.72. The second-order valence-corrected chi connectivity index (χ2v) is 6.49. The molecule has 2 heteroatoms. The van der Waals surface area contributed by atoms with Crippen LogP contribution in [0.15, 0.2) is 24.3 Å². The summed E-state index contributed by atoms with van der Waals surface area (Å²) in [5.41, 5.74) is 1.57. The minimum absolute atomic E-state index is 0.117. The first-order valence-corrected chi connectivity index (χ1v) is 7.26. The molecular weight excluding hydrogens is 244 g/mol. The highest BCUT2D eigenvalue weighted by atomic mass is 35.5. The largest absolute Gasteiger partial charge is 0.497 e. The highest BCUT2D eigenvalue weighted by Crippen LogP contribution is 2.49. The summed E-state index contributed by atoms with van der Waals surface area (Å²) in [7, 11) is 1.69. The first-order valence-electron chi connectivity index (χ1n) is 6.82. The van der Waals surface area contributed by atoms with Crippen LogP contribution in [0.5, 0.6) is 5.75 Å². The molecule has 0 radical (unpaired) electrons. The topological polar surface area (TPSA) is 9.23 Å². The number of methoxy groups -OCH3 is 1. The summed E-state index contributed by atoms with van der Waals surface area (Å²) in [5, 5.41) is 0.117. The quantitative estimate of drug-likeness (QED) is 0.684. The summed E-state index contributed by atoms with van der Waals surface area (Å²) >= 11 is 6.72. The molecule has 1 saturated carbocycles. The predicted octanol–water partition coefficient (Wildman–Crippen LogP) is 5.19. The Hall–Kier alpha value is -0.690. The highest BCUT2D eigenvalue weighted by Gasteiger charge is 2.37. The normalized spacial score (nSPS) is 24.6. The number of ether oxygens (including phenoxy) is 1. The van der Waals surface area contributed by atoms with Crippen LogP contribution in [-0.4, -0.2) is 7.11 Å². The molecule has 2 rings (SSSR count). The zero-order valence-electron chi connectivity index (χ0n) is 11.6. The fraction of sp³-hybridized carbons (Fsp3) is 0.625. The molecular formula is C16H23ClO. The molecule has 1 aromatic rings. The van der Waals surface area contributed by atoms with Gasteiger partial charge in [0, 0.05) is 0 Å². The molecule has 1 nitrogen and oxygen atoms in total. The van der Waals surface area contributed by atoms with Gasteiger partial charge in [0.2, 0.25) is 0 Å². The van der Waals surface area contributed by atoms with Crippen molar-refractivity contribution in [2.45, 2.75) is 44.9 Å². The van der Waals surface area contributed by atoms with Crippen molar-refractivity contribution in [1.29, 1.82) is 0 Å². The van der Waals surface area contributed by atoms with E-state index in [1.54, 1.807) is 7.11 Å². The average molecular weight is 267 g/mol. The molecule has 0 aromatic heterocycles. The number of alkyl halides is 1. The molecule has 2 unspecified atom stereocenters. The molecule has 0 spiro atoms. The fourth-order valence-corrected chi connectivity index (χ4v) is 3.70. The van der Waals surface area contributed by atoms with Crippen LogP contribution in [-0.2, 0) is 0 Å². The molecule has 2 atom stereocenters. The zero-order chi connectivity index (χ0) is 13.2. The number of halogens is 1. The number of rotatable bonds is 3. The Morgan fingerprint density at radius 2 is 1.89 bits per heavy atom. The predicted molar refractivity (Wildman–Crippen MR) is 77.3 cm³/mol. The van der Waals surface area contributed by atoms with E-state index in [4.69, 9.17) is 16.3 Å². The molecule has 0 bridgehead atoms. The van der Waals surface area contributed by atoms with E-state index >= 15 is 0 Å². The van der Waals surface area contributed by atoms with Gasteiger partial charge in [-0.2, -0.15) is 0 Å². The minimum Gasteiger partial charge on any atom is -0.497 e. The van der Waals surface area contributed by atoms with Crippen LogP contribution in [0, 0.1) is 11.3 Å².